The van der Waals surface area contributed by atoms with Crippen molar-refractivity contribution in [3.63, 3.8) is 0 Å². The highest BCUT2D eigenvalue weighted by Gasteiger charge is 2.44. The number of carbonyl (C=O) groups is 2. The number of nitrogens with zero attached hydrogens (tertiary/aromatic N) is 2. The van der Waals surface area contributed by atoms with E-state index in [4.69, 9.17) is 14.5 Å². The minimum atomic E-state index is -1.10. The van der Waals surface area contributed by atoms with Gasteiger partial charge in [-0.15, -0.1) is 0 Å². The normalized spacial score (nSPS) is 19.7. The van der Waals surface area contributed by atoms with Crippen LogP contribution in [0, 0.1) is 6.92 Å². The van der Waals surface area contributed by atoms with Crippen LogP contribution in [0.25, 0.3) is 10.2 Å². The Bertz CT molecular complexity index is 1190. The second kappa shape index (κ2) is 7.51. The quantitative estimate of drug-likeness (QED) is 0.627. The molecule has 1 amide bonds. The first-order chi connectivity index (χ1) is 15.0. The summed E-state index contributed by atoms with van der Waals surface area (Å²) in [6.45, 7) is 3.22. The predicted molar refractivity (Wildman–Crippen MR) is 118 cm³/mol. The molecule has 2 N–H and O–H groups in total. The van der Waals surface area contributed by atoms with Crippen LogP contribution in [0.2, 0.25) is 0 Å². The maximum atomic E-state index is 13.3. The summed E-state index contributed by atoms with van der Waals surface area (Å²) in [5.74, 6) is -1.12. The lowest BCUT2D eigenvalue weighted by molar-refractivity contribution is 0.0103. The number of rotatable bonds is 5. The lowest BCUT2D eigenvalue weighted by Gasteiger charge is -2.52. The minimum Gasteiger partial charge on any atom is -0.496 e. The number of morpholine rings is 1. The molecule has 2 bridgehead atoms. The molecule has 2 aromatic carbocycles. The van der Waals surface area contributed by atoms with Crippen LogP contribution in [0.5, 0.6) is 5.75 Å². The number of aromatic nitrogens is 1. The first-order valence-corrected chi connectivity index (χ1v) is 10.8. The van der Waals surface area contributed by atoms with Gasteiger partial charge in [0, 0.05) is 0 Å². The molecule has 2 atom stereocenters. The largest absolute Gasteiger partial charge is 0.496 e. The van der Waals surface area contributed by atoms with E-state index in [0.717, 1.165) is 17.1 Å². The molecule has 8 nitrogen and oxygen atoms in total. The standard InChI is InChI=1S/C22H21N3O5S/c1-11-3-4-14(21(27)28)16(7-11)23-20(26)18-17(29-2)6-5-15-19(18)31-22(24-15)25-12-8-13(25)10-30-9-12/h3-7,12-13H,8-10H2,1-2H3,(H,23,26)(H,27,28). The summed E-state index contributed by atoms with van der Waals surface area (Å²) in [5, 5.41) is 13.1. The molecule has 0 radical (unpaired) electrons. The Morgan fingerprint density at radius 1 is 1.26 bits per heavy atom. The fourth-order valence-corrected chi connectivity index (χ4v) is 5.48. The first-order valence-electron chi connectivity index (χ1n) is 9.95. The van der Waals surface area contributed by atoms with Gasteiger partial charge in [0.05, 0.1) is 53.9 Å². The zero-order valence-electron chi connectivity index (χ0n) is 17.0. The predicted octanol–water partition coefficient (Wildman–Crippen LogP) is 3.54. The molecular weight excluding hydrogens is 418 g/mol. The van der Waals surface area contributed by atoms with Gasteiger partial charge < -0.3 is 24.8 Å². The van der Waals surface area contributed by atoms with Gasteiger partial charge in [0.2, 0.25) is 0 Å². The van der Waals surface area contributed by atoms with Gasteiger partial charge in [-0.1, -0.05) is 17.4 Å². The molecule has 0 aliphatic carbocycles. The number of amides is 1. The molecule has 2 saturated heterocycles. The number of carbonyl (C=O) groups excluding carboxylic acids is 1. The second-order valence-corrected chi connectivity index (χ2v) is 8.76. The third-order valence-corrected chi connectivity index (χ3v) is 6.88. The van der Waals surface area contributed by atoms with Crippen molar-refractivity contribution in [2.75, 3.05) is 30.5 Å². The summed E-state index contributed by atoms with van der Waals surface area (Å²) in [6, 6.07) is 9.03. The number of carboxylic acids is 1. The third-order valence-electron chi connectivity index (χ3n) is 5.78. The molecule has 3 aromatic rings. The van der Waals surface area contributed by atoms with Crippen LogP contribution in [0.1, 0.15) is 32.7 Å². The monoisotopic (exact) mass is 439 g/mol. The van der Waals surface area contributed by atoms with Gasteiger partial charge in [0.25, 0.3) is 5.91 Å². The average Bonchev–Trinajstić information content (AvgIpc) is 3.16. The van der Waals surface area contributed by atoms with Crippen molar-refractivity contribution < 1.29 is 24.2 Å². The van der Waals surface area contributed by atoms with Gasteiger partial charge in [0.1, 0.15) is 11.3 Å². The van der Waals surface area contributed by atoms with Crippen LogP contribution in [0.4, 0.5) is 10.8 Å². The molecule has 9 heteroatoms. The van der Waals surface area contributed by atoms with Crippen LogP contribution in [0.3, 0.4) is 0 Å². The van der Waals surface area contributed by atoms with E-state index in [9.17, 15) is 14.7 Å². The number of aryl methyl sites for hydroxylation is 1. The molecular formula is C22H21N3O5S. The molecule has 160 valence electrons. The number of fused-ring (bicyclic) bond motifs is 3. The lowest BCUT2D eigenvalue weighted by atomic mass is 9.92. The topological polar surface area (TPSA) is 101 Å². The third kappa shape index (κ3) is 3.30. The Morgan fingerprint density at radius 2 is 2.03 bits per heavy atom. The SMILES string of the molecule is COc1ccc2nc(N3C4COCC3C4)sc2c1C(=O)Nc1cc(C)ccc1C(=O)O. The van der Waals surface area contributed by atoms with Crippen molar-refractivity contribution in [2.45, 2.75) is 25.4 Å². The summed E-state index contributed by atoms with van der Waals surface area (Å²) in [6.07, 6.45) is 1.10. The Morgan fingerprint density at radius 3 is 2.71 bits per heavy atom. The van der Waals surface area contributed by atoms with Gasteiger partial charge in [-0.05, 0) is 43.2 Å². The van der Waals surface area contributed by atoms with Crippen LogP contribution >= 0.6 is 11.3 Å². The first kappa shape index (κ1) is 19.8. The summed E-state index contributed by atoms with van der Waals surface area (Å²) >= 11 is 1.45. The highest BCUT2D eigenvalue weighted by atomic mass is 32.1. The highest BCUT2D eigenvalue weighted by molar-refractivity contribution is 7.22. The van der Waals surface area contributed by atoms with Crippen LogP contribution in [-0.2, 0) is 4.74 Å². The molecule has 31 heavy (non-hydrogen) atoms. The van der Waals surface area contributed by atoms with Crippen molar-refractivity contribution in [2.24, 2.45) is 0 Å². The molecule has 3 heterocycles. The highest BCUT2D eigenvalue weighted by Crippen LogP contribution is 2.42. The van der Waals surface area contributed by atoms with Crippen molar-refractivity contribution in [3.8, 4) is 5.75 Å². The molecule has 2 aliphatic rings. The molecule has 1 aromatic heterocycles. The Labute approximate surface area is 182 Å². The van der Waals surface area contributed by atoms with E-state index in [1.165, 1.54) is 24.5 Å². The number of hydrogen-bond donors (Lipinski definition) is 2. The Hall–Kier alpha value is -3.17. The van der Waals surface area contributed by atoms with Crippen molar-refractivity contribution in [1.29, 1.82) is 0 Å². The smallest absolute Gasteiger partial charge is 0.337 e. The van der Waals surface area contributed by atoms with Gasteiger partial charge in [-0.2, -0.15) is 0 Å². The summed E-state index contributed by atoms with van der Waals surface area (Å²) in [4.78, 5) is 31.9. The van der Waals surface area contributed by atoms with E-state index in [1.807, 2.05) is 13.0 Å². The van der Waals surface area contributed by atoms with Crippen LogP contribution < -0.4 is 15.0 Å². The lowest BCUT2D eigenvalue weighted by Crippen LogP contribution is -2.64. The number of hydrogen-bond acceptors (Lipinski definition) is 7. The molecule has 2 aliphatic heterocycles. The fourth-order valence-electron chi connectivity index (χ4n) is 4.24. The Kier molecular flexibility index (Phi) is 4.79. The zero-order valence-corrected chi connectivity index (χ0v) is 17.9. The van der Waals surface area contributed by atoms with Crippen LogP contribution in [0.15, 0.2) is 30.3 Å². The maximum absolute atomic E-state index is 13.3. The molecule has 5 rings (SSSR count). The maximum Gasteiger partial charge on any atom is 0.337 e. The number of methoxy groups -OCH3 is 1. The van der Waals surface area contributed by atoms with Gasteiger partial charge in [-0.3, -0.25) is 4.79 Å². The van der Waals surface area contributed by atoms with Gasteiger partial charge >= 0.3 is 5.97 Å². The van der Waals surface area contributed by atoms with E-state index < -0.39 is 11.9 Å². The fraction of sp³-hybridized carbons (Fsp3) is 0.318. The van der Waals surface area contributed by atoms with E-state index in [-0.39, 0.29) is 11.3 Å². The number of carboxylic acid groups (broad SMARTS) is 1. The van der Waals surface area contributed by atoms with Gasteiger partial charge in [-0.25, -0.2) is 9.78 Å². The minimum absolute atomic E-state index is 0.0310. The van der Waals surface area contributed by atoms with E-state index in [2.05, 4.69) is 10.2 Å². The van der Waals surface area contributed by atoms with E-state index in [0.29, 0.717) is 46.8 Å². The summed E-state index contributed by atoms with van der Waals surface area (Å²) in [5.41, 5.74) is 2.18. The van der Waals surface area contributed by atoms with Gasteiger partial charge in [0.15, 0.2) is 5.13 Å². The molecule has 0 saturated carbocycles. The number of aromatic carboxylic acids is 1. The molecule has 2 unspecified atom stereocenters. The number of anilines is 2. The number of nitrogens with one attached hydrogen (secondary N) is 1. The average molecular weight is 439 g/mol. The molecule has 2 fully saturated rings. The Balaban J connectivity index is 1.55. The van der Waals surface area contributed by atoms with Crippen molar-refractivity contribution in [1.82, 2.24) is 4.98 Å². The van der Waals surface area contributed by atoms with Crippen molar-refractivity contribution in [3.05, 3.63) is 47.0 Å². The number of ether oxygens (including phenoxy) is 2. The van der Waals surface area contributed by atoms with E-state index in [1.54, 1.807) is 18.2 Å². The number of benzene rings is 2. The zero-order chi connectivity index (χ0) is 21.7. The summed E-state index contributed by atoms with van der Waals surface area (Å²) in [7, 11) is 1.51. The molecule has 0 spiro atoms. The second-order valence-electron chi connectivity index (χ2n) is 7.78. The van der Waals surface area contributed by atoms with Crippen molar-refractivity contribution >= 4 is 44.2 Å². The van der Waals surface area contributed by atoms with Crippen LogP contribution in [-0.4, -0.2) is 54.4 Å². The number of thiazole rings is 1. The van der Waals surface area contributed by atoms with E-state index >= 15 is 0 Å². The summed E-state index contributed by atoms with van der Waals surface area (Å²) < 4.78 is 11.7.